The lowest BCUT2D eigenvalue weighted by molar-refractivity contribution is 1.24. The minimum atomic E-state index is 0.973. The van der Waals surface area contributed by atoms with Gasteiger partial charge < -0.3 is 49.8 Å². The molecule has 15 aliphatic rings. The molecular formula is C120H110N20. The van der Waals surface area contributed by atoms with Gasteiger partial charge in [-0.15, -0.1) is 0 Å². The van der Waals surface area contributed by atoms with E-state index in [1.807, 2.05) is 0 Å². The lowest BCUT2D eigenvalue weighted by Crippen LogP contribution is -2.16. The molecule has 25 heterocycles. The average molecular weight is 1830 g/mol. The molecule has 0 fully saturated rings. The maximum absolute atomic E-state index is 4.86. The number of fused-ring (bicyclic) bond motifs is 30. The van der Waals surface area contributed by atoms with Gasteiger partial charge in [0.2, 0.25) is 0 Å². The van der Waals surface area contributed by atoms with Gasteiger partial charge in [0.05, 0.1) is 114 Å². The first-order chi connectivity index (χ1) is 67.5. The van der Waals surface area contributed by atoms with Crippen LogP contribution in [-0.4, -0.2) is 107 Å². The number of aromatic nitrogens is 10. The van der Waals surface area contributed by atoms with Gasteiger partial charge in [0.25, 0.3) is 0 Å². The number of aromatic amines is 10. The molecule has 140 heavy (non-hydrogen) atoms. The molecule has 0 radical (unpaired) electrons. The highest BCUT2D eigenvalue weighted by molar-refractivity contribution is 6.30. The molecule has 15 aliphatic heterocycles. The number of allylic oxidation sites excluding steroid dienone is 30. The minimum absolute atomic E-state index is 0.973. The molecule has 25 rings (SSSR count). The third-order valence-corrected chi connectivity index (χ3v) is 29.2. The maximum Gasteiger partial charge on any atom is 0.0688 e. The predicted octanol–water partition coefficient (Wildman–Crippen LogP) is 18.9. The molecule has 0 atom stereocenters. The van der Waals surface area contributed by atoms with E-state index in [2.05, 4.69) is 432 Å². The van der Waals surface area contributed by atoms with E-state index in [1.54, 1.807) is 0 Å². The Hall–Kier alpha value is -17.0. The summed E-state index contributed by atoms with van der Waals surface area (Å²) in [5.41, 5.74) is 53.8. The van der Waals surface area contributed by atoms with E-state index in [9.17, 15) is 0 Å². The van der Waals surface area contributed by atoms with Crippen LogP contribution in [0.3, 0.4) is 0 Å². The molecule has 10 N–H and O–H groups in total. The lowest BCUT2D eigenvalue weighted by atomic mass is 10.1. The van der Waals surface area contributed by atoms with Crippen LogP contribution in [-0.2, 0) is 0 Å². The van der Waals surface area contributed by atoms with E-state index < -0.39 is 0 Å². The van der Waals surface area contributed by atoms with Crippen LogP contribution < -0.4 is 53.5 Å². The van der Waals surface area contributed by atoms with E-state index in [-0.39, 0.29) is 0 Å². The topological polar surface area (TPSA) is 282 Å². The SMILES string of the molecule is CC1=C2C=CC(=N2)C(C)=c2ccc([nH]2)=C(C)c2c[nH]c(c2)C(C)=C2C=CC1=N2.CC1=C2C=CC(=N2)C(C)=c2ccc([nH]2)=C(C)c2c[nH]c(c2)C(C)=C2C=CC1=N2.CC1=C2C=CC(=N2)C(C)=c2ccc([nH]2)=C(C)c2c[nH]c(c2)C(C)=C2C=CC1=N2.CC1=C2C=CC(=N2)C(C)=c2ccc([nH]2)=C(C)c2c[nH]c(c2)C(C)=C2C=CC1=N2.CC1=C2C=CC(=N2)C(C)=c2ccc([nH]2)=C(C)c2c[nH]c(c2)C(C)=C2C=CC1=N2. The number of H-pyrrole nitrogens is 10. The summed E-state index contributed by atoms with van der Waals surface area (Å²) >= 11 is 0. The van der Waals surface area contributed by atoms with Gasteiger partial charge in [-0.3, -0.25) is 0 Å². The van der Waals surface area contributed by atoms with Crippen molar-refractivity contribution in [2.24, 2.45) is 49.9 Å². The van der Waals surface area contributed by atoms with Gasteiger partial charge in [0.15, 0.2) is 0 Å². The molecule has 0 unspecified atom stereocenters. The van der Waals surface area contributed by atoms with Gasteiger partial charge in [-0.1, -0.05) is 0 Å². The molecule has 0 amide bonds. The number of hydrogen-bond acceptors (Lipinski definition) is 10. The summed E-state index contributed by atoms with van der Waals surface area (Å²) in [7, 11) is 0. The highest BCUT2D eigenvalue weighted by Gasteiger charge is 2.26. The molecule has 0 spiro atoms. The van der Waals surface area contributed by atoms with Gasteiger partial charge >= 0.3 is 0 Å². The highest BCUT2D eigenvalue weighted by Crippen LogP contribution is 2.36. The fourth-order valence-electron chi connectivity index (χ4n) is 18.9. The minimum Gasteiger partial charge on any atom is -0.361 e. The van der Waals surface area contributed by atoms with Crippen molar-refractivity contribution in [2.75, 3.05) is 0 Å². The number of nitrogens with zero attached hydrogens (tertiary/aromatic N) is 10. The molecule has 0 aromatic carbocycles. The Balaban J connectivity index is 0.000000104. The van der Waals surface area contributed by atoms with Crippen LogP contribution in [0.5, 0.6) is 0 Å². The summed E-state index contributed by atoms with van der Waals surface area (Å²) < 4.78 is 0. The first-order valence-corrected chi connectivity index (χ1v) is 47.7. The number of rotatable bonds is 0. The Labute approximate surface area is 811 Å². The average Bonchev–Trinajstić information content (AvgIpc) is 1.65. The smallest absolute Gasteiger partial charge is 0.0688 e. The number of nitrogens with one attached hydrogen (secondary N) is 10. The van der Waals surface area contributed by atoms with Crippen molar-refractivity contribution in [3.63, 3.8) is 0 Å². The third kappa shape index (κ3) is 16.7. The van der Waals surface area contributed by atoms with Crippen molar-refractivity contribution in [1.82, 2.24) is 49.8 Å². The Bertz CT molecular complexity index is 7840. The van der Waals surface area contributed by atoms with E-state index in [0.29, 0.717) is 0 Å². The Kier molecular flexibility index (Phi) is 23.0. The first-order valence-electron chi connectivity index (χ1n) is 47.7. The Morgan fingerprint density at radius 3 is 0.400 bits per heavy atom. The van der Waals surface area contributed by atoms with Crippen LogP contribution in [0.4, 0.5) is 0 Å². The third-order valence-electron chi connectivity index (χ3n) is 29.2. The molecule has 0 aliphatic carbocycles. The van der Waals surface area contributed by atoms with E-state index >= 15 is 0 Å². The van der Waals surface area contributed by atoms with Crippen LogP contribution >= 0.6 is 0 Å². The maximum atomic E-state index is 4.86. The van der Waals surface area contributed by atoms with Crippen molar-refractivity contribution in [3.8, 4) is 0 Å². The quantitative estimate of drug-likeness (QED) is 0.0678. The van der Waals surface area contributed by atoms with Gasteiger partial charge in [-0.2, -0.15) is 0 Å². The molecular weight excluding hydrogens is 1720 g/mol. The zero-order valence-electron chi connectivity index (χ0n) is 82.6. The van der Waals surface area contributed by atoms with Gasteiger partial charge in [0, 0.05) is 141 Å². The molecule has 40 bridgehead atoms. The van der Waals surface area contributed by atoms with Crippen LogP contribution in [0.2, 0.25) is 0 Å². The van der Waals surface area contributed by atoms with Crippen LogP contribution in [0.15, 0.2) is 378 Å². The molecule has 0 saturated carbocycles. The molecule has 10 aromatic heterocycles. The summed E-state index contributed by atoms with van der Waals surface area (Å²) in [6, 6.07) is 32.3. The van der Waals surface area contributed by atoms with Gasteiger partial charge in [0.1, 0.15) is 0 Å². The number of hydrogen-bond donors (Lipinski definition) is 10. The summed E-state index contributed by atoms with van der Waals surface area (Å²) in [5, 5.41) is 11.1. The van der Waals surface area contributed by atoms with Crippen molar-refractivity contribution < 1.29 is 0 Å². The number of aliphatic imine (C=N–C) groups is 10. The highest BCUT2D eigenvalue weighted by atomic mass is 14.9. The summed E-state index contributed by atoms with van der Waals surface area (Å²) in [5.74, 6) is 0. The second kappa shape index (κ2) is 35.9. The molecule has 0 saturated heterocycles. The molecule has 20 heteroatoms. The molecule has 20 nitrogen and oxygen atoms in total. The van der Waals surface area contributed by atoms with Gasteiger partial charge in [-0.05, 0) is 462 Å². The van der Waals surface area contributed by atoms with Crippen molar-refractivity contribution >= 4 is 141 Å². The van der Waals surface area contributed by atoms with Gasteiger partial charge in [-0.25, -0.2) is 49.9 Å². The van der Waals surface area contributed by atoms with Crippen molar-refractivity contribution in [2.45, 2.75) is 138 Å². The van der Waals surface area contributed by atoms with Crippen LogP contribution in [0, 0.1) is 0 Å². The van der Waals surface area contributed by atoms with E-state index in [0.717, 1.165) is 280 Å². The summed E-state index contributed by atoms with van der Waals surface area (Å²) in [6.07, 6.45) is 52.0. The molecule has 690 valence electrons. The first kappa shape index (κ1) is 89.5. The second-order valence-electron chi connectivity index (χ2n) is 37.6. The van der Waals surface area contributed by atoms with Crippen molar-refractivity contribution in [1.29, 1.82) is 0 Å². The predicted molar refractivity (Wildman–Crippen MR) is 583 cm³/mol. The van der Waals surface area contributed by atoms with E-state index in [1.165, 1.54) is 55.7 Å². The Morgan fingerprint density at radius 1 is 0.136 bits per heavy atom. The zero-order valence-corrected chi connectivity index (χ0v) is 82.6. The normalized spacial score (nSPS) is 18.4. The fraction of sp³-hybridized carbons (Fsp3) is 0.167. The van der Waals surface area contributed by atoms with Crippen LogP contribution in [0.25, 0.3) is 83.6 Å². The molecule has 10 aromatic rings. The largest absolute Gasteiger partial charge is 0.361 e. The summed E-state index contributed by atoms with van der Waals surface area (Å²) in [4.78, 5) is 83.5. The van der Waals surface area contributed by atoms with Crippen LogP contribution in [0.1, 0.15) is 195 Å². The zero-order chi connectivity index (χ0) is 97.1. The monoisotopic (exact) mass is 1830 g/mol. The van der Waals surface area contributed by atoms with Crippen molar-refractivity contribution in [3.05, 3.63) is 438 Å². The van der Waals surface area contributed by atoms with E-state index in [4.69, 9.17) is 49.9 Å². The summed E-state index contributed by atoms with van der Waals surface area (Å²) in [6.45, 7) is 42.3. The second-order valence-corrected chi connectivity index (χ2v) is 37.6. The lowest BCUT2D eigenvalue weighted by Gasteiger charge is -2.03. The fourth-order valence-corrected chi connectivity index (χ4v) is 18.9. The Morgan fingerprint density at radius 2 is 0.257 bits per heavy atom. The standard InChI is InChI=1S/5C24H22N4/c5*1-13-17-11-24(25-12-17)16(4)23-10-9-22(28-23)15(3)21-8-7-20(27-21)14(2)19-6-5-18(13)26-19/h5*5-12,25-26H,1-4H3.